The van der Waals surface area contributed by atoms with Gasteiger partial charge in [-0.25, -0.2) is 0 Å². The summed E-state index contributed by atoms with van der Waals surface area (Å²) in [4.78, 5) is 14.7. The number of hydrogen-bond acceptors (Lipinski definition) is 4. The Bertz CT molecular complexity index is 964. The number of aryl methyl sites for hydroxylation is 1. The van der Waals surface area contributed by atoms with E-state index in [1.54, 1.807) is 30.3 Å². The van der Waals surface area contributed by atoms with Gasteiger partial charge in [0, 0.05) is 11.3 Å². The predicted molar refractivity (Wildman–Crippen MR) is 116 cm³/mol. The number of anilines is 1. The molecule has 0 aliphatic carbocycles. The molecule has 0 heterocycles. The molecule has 0 bridgehead atoms. The molecule has 1 amide bonds. The van der Waals surface area contributed by atoms with Crippen molar-refractivity contribution in [2.45, 2.75) is 12.8 Å². The van der Waals surface area contributed by atoms with E-state index in [0.29, 0.717) is 17.7 Å². The van der Waals surface area contributed by atoms with E-state index in [-0.39, 0.29) is 17.4 Å². The maximum absolute atomic E-state index is 12.6. The van der Waals surface area contributed by atoms with Gasteiger partial charge < -0.3 is 20.4 Å². The lowest BCUT2D eigenvalue weighted by Gasteiger charge is -2.11. The normalized spacial score (nSPS) is 10.9. The van der Waals surface area contributed by atoms with Gasteiger partial charge in [-0.2, -0.15) is 0 Å². The van der Waals surface area contributed by atoms with Gasteiger partial charge in [0.1, 0.15) is 11.5 Å². The zero-order valence-corrected chi connectivity index (χ0v) is 16.7. The molecule has 0 aliphatic heterocycles. The number of benzene rings is 3. The molecule has 3 rings (SSSR count). The number of nitrogens with zero attached hydrogens (tertiary/aromatic N) is 1. The number of carbonyl (C=O) groups excluding carboxylic acids is 1. The SMILES string of the molecule is CN(C)CCCc1cc(C(=O)Nc2ccc(-c3ccc(O)cc3)cc2)ccc1O. The first-order chi connectivity index (χ1) is 13.9. The zero-order valence-electron chi connectivity index (χ0n) is 16.7. The van der Waals surface area contributed by atoms with E-state index >= 15 is 0 Å². The second-order valence-electron chi connectivity index (χ2n) is 7.33. The molecule has 5 nitrogen and oxygen atoms in total. The Morgan fingerprint density at radius 3 is 2.14 bits per heavy atom. The van der Waals surface area contributed by atoms with E-state index in [9.17, 15) is 15.0 Å². The maximum atomic E-state index is 12.6. The van der Waals surface area contributed by atoms with Gasteiger partial charge in [0.15, 0.2) is 0 Å². The van der Waals surface area contributed by atoms with Crippen LogP contribution in [0.25, 0.3) is 11.1 Å². The summed E-state index contributed by atoms with van der Waals surface area (Å²) in [5.41, 5.74) is 3.98. The Hall–Kier alpha value is -3.31. The first-order valence-corrected chi connectivity index (χ1v) is 9.60. The molecule has 0 saturated heterocycles. The molecule has 3 aromatic rings. The monoisotopic (exact) mass is 390 g/mol. The standard InChI is InChI=1S/C24H26N2O3/c1-26(2)15-3-4-19-16-20(9-14-23(19)28)24(29)25-21-10-5-17(6-11-21)18-7-12-22(27)13-8-18/h5-14,16,27-28H,3-4,15H2,1-2H3,(H,25,29). The molecule has 0 atom stereocenters. The van der Waals surface area contributed by atoms with Crippen LogP contribution in [0, 0.1) is 0 Å². The molecule has 29 heavy (non-hydrogen) atoms. The van der Waals surface area contributed by atoms with Gasteiger partial charge >= 0.3 is 0 Å². The maximum Gasteiger partial charge on any atom is 0.255 e. The summed E-state index contributed by atoms with van der Waals surface area (Å²) in [6.07, 6.45) is 1.62. The number of aromatic hydroxyl groups is 2. The summed E-state index contributed by atoms with van der Waals surface area (Å²) in [6.45, 7) is 0.920. The third-order valence-electron chi connectivity index (χ3n) is 4.74. The molecule has 3 aromatic carbocycles. The van der Waals surface area contributed by atoms with Crippen molar-refractivity contribution in [3.8, 4) is 22.6 Å². The molecule has 0 aromatic heterocycles. The van der Waals surface area contributed by atoms with Crippen molar-refractivity contribution in [3.63, 3.8) is 0 Å². The number of amides is 1. The summed E-state index contributed by atoms with van der Waals surface area (Å²) in [7, 11) is 4.02. The minimum atomic E-state index is -0.212. The summed E-state index contributed by atoms with van der Waals surface area (Å²) >= 11 is 0. The van der Waals surface area contributed by atoms with Crippen molar-refractivity contribution in [2.75, 3.05) is 26.0 Å². The van der Waals surface area contributed by atoms with Crippen LogP contribution >= 0.6 is 0 Å². The van der Waals surface area contributed by atoms with Crippen molar-refractivity contribution >= 4 is 11.6 Å². The van der Waals surface area contributed by atoms with Gasteiger partial charge in [0.25, 0.3) is 5.91 Å². The molecule has 150 valence electrons. The van der Waals surface area contributed by atoms with Crippen LogP contribution < -0.4 is 5.32 Å². The van der Waals surface area contributed by atoms with Crippen molar-refractivity contribution in [1.29, 1.82) is 0 Å². The quantitative estimate of drug-likeness (QED) is 0.555. The lowest BCUT2D eigenvalue weighted by molar-refractivity contribution is 0.102. The van der Waals surface area contributed by atoms with Gasteiger partial charge in [-0.15, -0.1) is 0 Å². The topological polar surface area (TPSA) is 72.8 Å². The molecule has 0 spiro atoms. The summed E-state index contributed by atoms with van der Waals surface area (Å²) in [6, 6.07) is 19.5. The van der Waals surface area contributed by atoms with Crippen LogP contribution in [0.5, 0.6) is 11.5 Å². The van der Waals surface area contributed by atoms with Crippen LogP contribution in [0.15, 0.2) is 66.7 Å². The number of carbonyl (C=O) groups is 1. The summed E-state index contributed by atoms with van der Waals surface area (Å²) in [5, 5.41) is 22.4. The van der Waals surface area contributed by atoms with E-state index in [1.165, 1.54) is 0 Å². The number of nitrogens with one attached hydrogen (secondary N) is 1. The number of phenolic OH excluding ortho intramolecular Hbond substituents is 2. The molecule has 0 saturated carbocycles. The highest BCUT2D eigenvalue weighted by Crippen LogP contribution is 2.24. The number of rotatable bonds is 7. The zero-order chi connectivity index (χ0) is 20.8. The highest BCUT2D eigenvalue weighted by Gasteiger charge is 2.10. The Labute approximate surface area is 171 Å². The van der Waals surface area contributed by atoms with Gasteiger partial charge in [0.2, 0.25) is 0 Å². The van der Waals surface area contributed by atoms with Crippen molar-refractivity contribution in [1.82, 2.24) is 4.90 Å². The highest BCUT2D eigenvalue weighted by molar-refractivity contribution is 6.04. The van der Waals surface area contributed by atoms with Crippen LogP contribution in [0.2, 0.25) is 0 Å². The van der Waals surface area contributed by atoms with E-state index in [2.05, 4.69) is 10.2 Å². The van der Waals surface area contributed by atoms with Crippen LogP contribution in [-0.4, -0.2) is 41.7 Å². The molecular weight excluding hydrogens is 364 g/mol. The predicted octanol–water partition coefficient (Wildman–Crippen LogP) is 4.51. The molecule has 0 fully saturated rings. The highest BCUT2D eigenvalue weighted by atomic mass is 16.3. The minimum Gasteiger partial charge on any atom is -0.508 e. The van der Waals surface area contributed by atoms with E-state index in [1.807, 2.05) is 50.5 Å². The molecule has 0 unspecified atom stereocenters. The van der Waals surface area contributed by atoms with Gasteiger partial charge in [-0.1, -0.05) is 24.3 Å². The molecule has 5 heteroatoms. The van der Waals surface area contributed by atoms with E-state index in [4.69, 9.17) is 0 Å². The van der Waals surface area contributed by atoms with Crippen molar-refractivity contribution in [3.05, 3.63) is 77.9 Å². The molecule has 0 aliphatic rings. The fourth-order valence-corrected chi connectivity index (χ4v) is 3.12. The second kappa shape index (κ2) is 9.26. The summed E-state index contributed by atoms with van der Waals surface area (Å²) < 4.78 is 0. The van der Waals surface area contributed by atoms with Crippen LogP contribution in [0.3, 0.4) is 0 Å². The first-order valence-electron chi connectivity index (χ1n) is 9.60. The smallest absolute Gasteiger partial charge is 0.255 e. The molecule has 3 N–H and O–H groups in total. The minimum absolute atomic E-state index is 0.212. The summed E-state index contributed by atoms with van der Waals surface area (Å²) in [5.74, 6) is 0.238. The average molecular weight is 390 g/mol. The fourth-order valence-electron chi connectivity index (χ4n) is 3.12. The largest absolute Gasteiger partial charge is 0.508 e. The van der Waals surface area contributed by atoms with Gasteiger partial charge in [-0.3, -0.25) is 4.79 Å². The first kappa shape index (κ1) is 20.4. The fraction of sp³-hybridized carbons (Fsp3) is 0.208. The van der Waals surface area contributed by atoms with E-state index < -0.39 is 0 Å². The number of phenols is 2. The third kappa shape index (κ3) is 5.59. The van der Waals surface area contributed by atoms with Crippen LogP contribution in [0.1, 0.15) is 22.3 Å². The lowest BCUT2D eigenvalue weighted by atomic mass is 10.0. The van der Waals surface area contributed by atoms with Crippen LogP contribution in [-0.2, 0) is 6.42 Å². The van der Waals surface area contributed by atoms with Gasteiger partial charge in [-0.05, 0) is 92.6 Å². The number of hydrogen-bond donors (Lipinski definition) is 3. The second-order valence-corrected chi connectivity index (χ2v) is 7.33. The Morgan fingerprint density at radius 1 is 0.897 bits per heavy atom. The Kier molecular flexibility index (Phi) is 6.52. The third-order valence-corrected chi connectivity index (χ3v) is 4.74. The van der Waals surface area contributed by atoms with Crippen molar-refractivity contribution < 1.29 is 15.0 Å². The Balaban J connectivity index is 1.67. The average Bonchev–Trinajstić information content (AvgIpc) is 2.70. The van der Waals surface area contributed by atoms with E-state index in [0.717, 1.165) is 29.7 Å². The van der Waals surface area contributed by atoms with Gasteiger partial charge in [0.05, 0.1) is 0 Å². The van der Waals surface area contributed by atoms with Crippen LogP contribution in [0.4, 0.5) is 5.69 Å². The molecular formula is C24H26N2O3. The Morgan fingerprint density at radius 2 is 1.52 bits per heavy atom. The molecule has 0 radical (unpaired) electrons. The lowest BCUT2D eigenvalue weighted by Crippen LogP contribution is -2.14. The van der Waals surface area contributed by atoms with Crippen molar-refractivity contribution in [2.24, 2.45) is 0 Å².